The highest BCUT2D eigenvalue weighted by molar-refractivity contribution is 6.32. The van der Waals surface area contributed by atoms with E-state index in [1.54, 1.807) is 13.0 Å². The van der Waals surface area contributed by atoms with Crippen LogP contribution in [0, 0.1) is 0 Å². The number of ether oxygens (including phenoxy) is 1. The lowest BCUT2D eigenvalue weighted by atomic mass is 10.1. The van der Waals surface area contributed by atoms with Crippen LogP contribution in [-0.4, -0.2) is 11.2 Å². The molecule has 1 N–H and O–H groups in total. The molecular weight excluding hydrogens is 224 g/mol. The molecule has 1 unspecified atom stereocenters. The molecule has 0 bridgehead atoms. The standard InChI is InChI=1S/C13H19ClO2/c1-4-11(5-2)16-13-7-6-10(9(3)15)8-12(13)14/h6-9,11,15H,4-5H2,1-3H3. The highest BCUT2D eigenvalue weighted by atomic mass is 35.5. The van der Waals surface area contributed by atoms with E-state index in [4.69, 9.17) is 16.3 Å². The van der Waals surface area contributed by atoms with Gasteiger partial charge in [0.25, 0.3) is 0 Å². The molecule has 1 atom stereocenters. The Balaban J connectivity index is 2.82. The molecule has 0 saturated heterocycles. The first-order valence-electron chi connectivity index (χ1n) is 5.72. The van der Waals surface area contributed by atoms with Crippen molar-refractivity contribution in [3.8, 4) is 5.75 Å². The quantitative estimate of drug-likeness (QED) is 0.847. The zero-order valence-electron chi connectivity index (χ0n) is 10.0. The van der Waals surface area contributed by atoms with E-state index in [-0.39, 0.29) is 6.10 Å². The van der Waals surface area contributed by atoms with Gasteiger partial charge in [-0.05, 0) is 37.5 Å². The molecule has 0 heterocycles. The predicted octanol–water partition coefficient (Wildman–Crippen LogP) is 3.96. The highest BCUT2D eigenvalue weighted by Crippen LogP contribution is 2.29. The average molecular weight is 243 g/mol. The van der Waals surface area contributed by atoms with Crippen LogP contribution in [0.3, 0.4) is 0 Å². The second-order valence-corrected chi connectivity index (χ2v) is 4.33. The smallest absolute Gasteiger partial charge is 0.138 e. The van der Waals surface area contributed by atoms with Crippen molar-refractivity contribution in [2.75, 3.05) is 0 Å². The van der Waals surface area contributed by atoms with Gasteiger partial charge in [0, 0.05) is 0 Å². The number of rotatable bonds is 5. The van der Waals surface area contributed by atoms with Crippen molar-refractivity contribution in [3.05, 3.63) is 28.8 Å². The van der Waals surface area contributed by atoms with Gasteiger partial charge in [-0.3, -0.25) is 0 Å². The van der Waals surface area contributed by atoms with Gasteiger partial charge in [-0.25, -0.2) is 0 Å². The van der Waals surface area contributed by atoms with Crippen molar-refractivity contribution in [3.63, 3.8) is 0 Å². The molecule has 0 aliphatic carbocycles. The number of benzene rings is 1. The van der Waals surface area contributed by atoms with Gasteiger partial charge in [0.2, 0.25) is 0 Å². The Morgan fingerprint density at radius 1 is 1.31 bits per heavy atom. The van der Waals surface area contributed by atoms with E-state index in [2.05, 4.69) is 13.8 Å². The van der Waals surface area contributed by atoms with Crippen LogP contribution >= 0.6 is 11.6 Å². The Labute approximate surface area is 102 Å². The van der Waals surface area contributed by atoms with E-state index in [1.165, 1.54) is 0 Å². The van der Waals surface area contributed by atoms with Gasteiger partial charge >= 0.3 is 0 Å². The summed E-state index contributed by atoms with van der Waals surface area (Å²) in [6.07, 6.45) is 1.63. The van der Waals surface area contributed by atoms with E-state index >= 15 is 0 Å². The Kier molecular flexibility index (Phi) is 5.10. The normalized spacial score (nSPS) is 12.9. The minimum atomic E-state index is -0.500. The molecule has 0 aliphatic rings. The molecule has 0 aromatic heterocycles. The lowest BCUT2D eigenvalue weighted by Crippen LogP contribution is -2.13. The Bertz CT molecular complexity index is 333. The molecule has 3 heteroatoms. The van der Waals surface area contributed by atoms with Crippen molar-refractivity contribution in [1.82, 2.24) is 0 Å². The minimum Gasteiger partial charge on any atom is -0.489 e. The topological polar surface area (TPSA) is 29.5 Å². The molecular formula is C13H19ClO2. The van der Waals surface area contributed by atoms with Crippen LogP contribution in [0.1, 0.15) is 45.3 Å². The third-order valence-electron chi connectivity index (χ3n) is 2.64. The SMILES string of the molecule is CCC(CC)Oc1ccc(C(C)O)cc1Cl. The number of hydrogen-bond acceptors (Lipinski definition) is 2. The molecule has 1 aromatic rings. The first kappa shape index (κ1) is 13.3. The van der Waals surface area contributed by atoms with Crippen molar-refractivity contribution < 1.29 is 9.84 Å². The third kappa shape index (κ3) is 3.39. The lowest BCUT2D eigenvalue weighted by molar-refractivity contribution is 0.191. The maximum absolute atomic E-state index is 9.41. The summed E-state index contributed by atoms with van der Waals surface area (Å²) < 4.78 is 5.76. The molecule has 1 rings (SSSR count). The van der Waals surface area contributed by atoms with Crippen LogP contribution in [-0.2, 0) is 0 Å². The molecule has 0 aliphatic heterocycles. The van der Waals surface area contributed by atoms with Gasteiger partial charge in [-0.15, -0.1) is 0 Å². The molecule has 2 nitrogen and oxygen atoms in total. The van der Waals surface area contributed by atoms with Crippen LogP contribution in [0.15, 0.2) is 18.2 Å². The maximum atomic E-state index is 9.41. The number of halogens is 1. The van der Waals surface area contributed by atoms with Gasteiger partial charge in [0.05, 0.1) is 17.2 Å². The van der Waals surface area contributed by atoms with Gasteiger partial charge in [0.15, 0.2) is 0 Å². The van der Waals surface area contributed by atoms with Crippen LogP contribution in [0.2, 0.25) is 5.02 Å². The third-order valence-corrected chi connectivity index (χ3v) is 2.94. The molecule has 0 spiro atoms. The van der Waals surface area contributed by atoms with Gasteiger partial charge in [-0.1, -0.05) is 31.5 Å². The fraction of sp³-hybridized carbons (Fsp3) is 0.538. The second kappa shape index (κ2) is 6.12. The number of aliphatic hydroxyl groups excluding tert-OH is 1. The monoisotopic (exact) mass is 242 g/mol. The molecule has 0 radical (unpaired) electrons. The van der Waals surface area contributed by atoms with Crippen molar-refractivity contribution in [2.24, 2.45) is 0 Å². The van der Waals surface area contributed by atoms with Crippen LogP contribution in [0.5, 0.6) is 5.75 Å². The van der Waals surface area contributed by atoms with Gasteiger partial charge in [0.1, 0.15) is 5.75 Å². The summed E-state index contributed by atoms with van der Waals surface area (Å²) in [5, 5.41) is 9.97. The Hall–Kier alpha value is -0.730. The molecule has 1 aromatic carbocycles. The summed E-state index contributed by atoms with van der Waals surface area (Å²) in [6, 6.07) is 5.42. The molecule has 16 heavy (non-hydrogen) atoms. The first-order chi connectivity index (χ1) is 7.58. The van der Waals surface area contributed by atoms with Crippen molar-refractivity contribution in [2.45, 2.75) is 45.8 Å². The molecule has 0 saturated carbocycles. The van der Waals surface area contributed by atoms with E-state index in [9.17, 15) is 5.11 Å². The Morgan fingerprint density at radius 2 is 1.94 bits per heavy atom. The van der Waals surface area contributed by atoms with E-state index in [1.807, 2.05) is 12.1 Å². The summed E-state index contributed by atoms with van der Waals surface area (Å²) in [4.78, 5) is 0. The lowest BCUT2D eigenvalue weighted by Gasteiger charge is -2.17. The average Bonchev–Trinajstić information content (AvgIpc) is 2.27. The van der Waals surface area contributed by atoms with E-state index in [0.717, 1.165) is 18.4 Å². The summed E-state index contributed by atoms with van der Waals surface area (Å²) in [5.41, 5.74) is 0.807. The van der Waals surface area contributed by atoms with Crippen LogP contribution in [0.4, 0.5) is 0 Å². The van der Waals surface area contributed by atoms with E-state index in [0.29, 0.717) is 10.8 Å². The summed E-state index contributed by atoms with van der Waals surface area (Å²) in [5.74, 6) is 0.694. The van der Waals surface area contributed by atoms with Crippen LogP contribution < -0.4 is 4.74 Å². The zero-order chi connectivity index (χ0) is 12.1. The molecule has 0 fully saturated rings. The van der Waals surface area contributed by atoms with E-state index < -0.39 is 6.10 Å². The fourth-order valence-electron chi connectivity index (χ4n) is 1.51. The zero-order valence-corrected chi connectivity index (χ0v) is 10.8. The molecule has 0 amide bonds. The van der Waals surface area contributed by atoms with Crippen molar-refractivity contribution >= 4 is 11.6 Å². The Morgan fingerprint density at radius 3 is 2.38 bits per heavy atom. The summed E-state index contributed by atoms with van der Waals surface area (Å²) in [7, 11) is 0. The maximum Gasteiger partial charge on any atom is 0.138 e. The fourth-order valence-corrected chi connectivity index (χ4v) is 1.74. The summed E-state index contributed by atoms with van der Waals surface area (Å²) >= 11 is 6.10. The summed E-state index contributed by atoms with van der Waals surface area (Å²) in [6.45, 7) is 5.89. The number of aliphatic hydroxyl groups is 1. The number of hydrogen-bond donors (Lipinski definition) is 1. The first-order valence-corrected chi connectivity index (χ1v) is 6.10. The highest BCUT2D eigenvalue weighted by Gasteiger charge is 2.10. The second-order valence-electron chi connectivity index (χ2n) is 3.92. The molecule has 90 valence electrons. The van der Waals surface area contributed by atoms with Crippen LogP contribution in [0.25, 0.3) is 0 Å². The van der Waals surface area contributed by atoms with Crippen molar-refractivity contribution in [1.29, 1.82) is 0 Å². The largest absolute Gasteiger partial charge is 0.489 e. The predicted molar refractivity (Wildman–Crippen MR) is 67.1 cm³/mol. The van der Waals surface area contributed by atoms with Gasteiger partial charge < -0.3 is 9.84 Å². The van der Waals surface area contributed by atoms with Gasteiger partial charge in [-0.2, -0.15) is 0 Å². The minimum absolute atomic E-state index is 0.204.